The lowest BCUT2D eigenvalue weighted by molar-refractivity contribution is -0.384. The Hall–Kier alpha value is -1.82. The number of nitrogen functional groups attached to an aromatic ring is 1. The smallest absolute Gasteiger partial charge is 0.273 e. The van der Waals surface area contributed by atoms with E-state index in [1.54, 1.807) is 6.07 Å². The molecule has 0 aromatic heterocycles. The first kappa shape index (κ1) is 13.2. The molecule has 94 valence electrons. The van der Waals surface area contributed by atoms with Crippen LogP contribution in [0.25, 0.3) is 0 Å². The van der Waals surface area contributed by atoms with E-state index in [1.807, 2.05) is 6.92 Å². The Bertz CT molecular complexity index is 396. The number of anilines is 2. The summed E-state index contributed by atoms with van der Waals surface area (Å²) >= 11 is 0. The molecule has 0 spiro atoms. The maximum Gasteiger partial charge on any atom is 0.273 e. The molecule has 17 heavy (non-hydrogen) atoms. The van der Waals surface area contributed by atoms with Crippen LogP contribution in [0.1, 0.15) is 19.8 Å². The highest BCUT2D eigenvalue weighted by Gasteiger charge is 2.09. The summed E-state index contributed by atoms with van der Waals surface area (Å²) in [5, 5.41) is 22.5. The van der Waals surface area contributed by atoms with Crippen LogP contribution in [0, 0.1) is 10.1 Å². The number of nitrogens with zero attached hydrogens (tertiary/aromatic N) is 1. The van der Waals surface area contributed by atoms with Crippen LogP contribution in [0.2, 0.25) is 0 Å². The van der Waals surface area contributed by atoms with Crippen LogP contribution in [-0.4, -0.2) is 22.7 Å². The molecular formula is C11H17N3O3. The number of nitrogens with one attached hydrogen (secondary N) is 1. The summed E-state index contributed by atoms with van der Waals surface area (Å²) in [5.74, 6) is 0. The largest absolute Gasteiger partial charge is 0.398 e. The summed E-state index contributed by atoms with van der Waals surface area (Å²) in [6.07, 6.45) is 1.48. The number of benzene rings is 1. The van der Waals surface area contributed by atoms with Gasteiger partial charge in [0.1, 0.15) is 0 Å². The van der Waals surface area contributed by atoms with E-state index in [9.17, 15) is 10.1 Å². The molecule has 0 aliphatic heterocycles. The molecule has 6 heteroatoms. The highest BCUT2D eigenvalue weighted by Crippen LogP contribution is 2.23. The summed E-state index contributed by atoms with van der Waals surface area (Å²) in [6.45, 7) is 2.09. The number of nitro benzene ring substituents is 1. The van der Waals surface area contributed by atoms with Crippen LogP contribution in [0.3, 0.4) is 0 Å². The van der Waals surface area contributed by atoms with Gasteiger partial charge in [-0.15, -0.1) is 0 Å². The minimum Gasteiger partial charge on any atom is -0.398 e. The van der Waals surface area contributed by atoms with E-state index in [2.05, 4.69) is 5.32 Å². The van der Waals surface area contributed by atoms with Crippen molar-refractivity contribution in [3.05, 3.63) is 28.3 Å². The van der Waals surface area contributed by atoms with Crippen molar-refractivity contribution >= 4 is 17.1 Å². The minimum atomic E-state index is -0.472. The lowest BCUT2D eigenvalue weighted by atomic mass is 10.1. The van der Waals surface area contributed by atoms with E-state index in [4.69, 9.17) is 10.8 Å². The van der Waals surface area contributed by atoms with E-state index in [1.165, 1.54) is 12.1 Å². The van der Waals surface area contributed by atoms with Crippen LogP contribution in [0.4, 0.5) is 17.1 Å². The summed E-state index contributed by atoms with van der Waals surface area (Å²) in [6, 6.07) is 4.56. The van der Waals surface area contributed by atoms with Crippen molar-refractivity contribution in [3.8, 4) is 0 Å². The Morgan fingerprint density at radius 2 is 2.24 bits per heavy atom. The molecule has 1 aromatic carbocycles. The van der Waals surface area contributed by atoms with Crippen molar-refractivity contribution in [1.29, 1.82) is 0 Å². The molecule has 0 saturated carbocycles. The molecule has 1 atom stereocenters. The van der Waals surface area contributed by atoms with Gasteiger partial charge in [0.2, 0.25) is 0 Å². The van der Waals surface area contributed by atoms with Crippen LogP contribution < -0.4 is 11.1 Å². The quantitative estimate of drug-likeness (QED) is 0.399. The summed E-state index contributed by atoms with van der Waals surface area (Å²) in [5.41, 5.74) is 6.55. The lowest BCUT2D eigenvalue weighted by Gasteiger charge is -2.14. The van der Waals surface area contributed by atoms with Crippen LogP contribution >= 0.6 is 0 Å². The van der Waals surface area contributed by atoms with Crippen LogP contribution in [0.5, 0.6) is 0 Å². The zero-order chi connectivity index (χ0) is 12.8. The van der Waals surface area contributed by atoms with Gasteiger partial charge in [-0.25, -0.2) is 0 Å². The fourth-order valence-corrected chi connectivity index (χ4v) is 1.58. The zero-order valence-corrected chi connectivity index (χ0v) is 9.72. The van der Waals surface area contributed by atoms with E-state index in [0.29, 0.717) is 17.8 Å². The predicted octanol–water partition coefficient (Wildman–Crippen LogP) is 1.75. The zero-order valence-electron chi connectivity index (χ0n) is 9.72. The third-order valence-electron chi connectivity index (χ3n) is 2.36. The van der Waals surface area contributed by atoms with E-state index in [0.717, 1.165) is 6.42 Å². The van der Waals surface area contributed by atoms with E-state index >= 15 is 0 Å². The number of nitrogens with two attached hydrogens (primary N) is 1. The van der Waals surface area contributed by atoms with Gasteiger partial charge in [0.25, 0.3) is 5.69 Å². The molecule has 0 saturated heterocycles. The van der Waals surface area contributed by atoms with Gasteiger partial charge in [-0.1, -0.05) is 0 Å². The summed E-state index contributed by atoms with van der Waals surface area (Å²) < 4.78 is 0. The fraction of sp³-hybridized carbons (Fsp3) is 0.455. The number of non-ortho nitro benzene ring substituents is 1. The third kappa shape index (κ3) is 4.28. The summed E-state index contributed by atoms with van der Waals surface area (Å²) in [7, 11) is 0. The number of aliphatic hydroxyl groups is 1. The molecule has 1 unspecified atom stereocenters. The molecule has 0 heterocycles. The Kier molecular flexibility index (Phi) is 4.71. The van der Waals surface area contributed by atoms with Crippen molar-refractivity contribution in [2.75, 3.05) is 17.7 Å². The fourth-order valence-electron chi connectivity index (χ4n) is 1.58. The first-order chi connectivity index (χ1) is 8.02. The first-order valence-electron chi connectivity index (χ1n) is 5.45. The molecule has 0 amide bonds. The van der Waals surface area contributed by atoms with Gasteiger partial charge < -0.3 is 16.2 Å². The third-order valence-corrected chi connectivity index (χ3v) is 2.36. The highest BCUT2D eigenvalue weighted by atomic mass is 16.6. The monoisotopic (exact) mass is 239 g/mol. The number of hydrogen-bond acceptors (Lipinski definition) is 5. The minimum absolute atomic E-state index is 0.0261. The van der Waals surface area contributed by atoms with Crippen molar-refractivity contribution < 1.29 is 10.0 Å². The molecule has 0 fully saturated rings. The van der Waals surface area contributed by atoms with Gasteiger partial charge in [-0.3, -0.25) is 10.1 Å². The maximum absolute atomic E-state index is 10.7. The molecule has 0 aliphatic rings. The van der Waals surface area contributed by atoms with E-state index in [-0.39, 0.29) is 18.3 Å². The SMILES string of the molecule is CC(CCCO)Nc1cc(N)cc([N+](=O)[O-])c1. The molecule has 1 aromatic rings. The van der Waals surface area contributed by atoms with Gasteiger partial charge in [-0.05, 0) is 25.8 Å². The number of nitro groups is 1. The average Bonchev–Trinajstić information content (AvgIpc) is 2.25. The van der Waals surface area contributed by atoms with E-state index < -0.39 is 4.92 Å². The average molecular weight is 239 g/mol. The maximum atomic E-state index is 10.7. The van der Waals surface area contributed by atoms with Crippen molar-refractivity contribution in [3.63, 3.8) is 0 Å². The van der Waals surface area contributed by atoms with Gasteiger partial charge in [0.15, 0.2) is 0 Å². The second-order valence-electron chi connectivity index (χ2n) is 3.98. The molecule has 6 nitrogen and oxygen atoms in total. The van der Waals surface area contributed by atoms with Crippen LogP contribution in [0.15, 0.2) is 18.2 Å². The molecule has 0 radical (unpaired) electrons. The molecule has 0 aliphatic carbocycles. The second-order valence-corrected chi connectivity index (χ2v) is 3.98. The first-order valence-corrected chi connectivity index (χ1v) is 5.45. The van der Waals surface area contributed by atoms with Crippen molar-refractivity contribution in [2.45, 2.75) is 25.8 Å². The van der Waals surface area contributed by atoms with Crippen molar-refractivity contribution in [1.82, 2.24) is 0 Å². The van der Waals surface area contributed by atoms with Gasteiger partial charge in [-0.2, -0.15) is 0 Å². The Labute approximate surface area is 99.6 Å². The normalized spacial score (nSPS) is 12.1. The lowest BCUT2D eigenvalue weighted by Crippen LogP contribution is -2.15. The van der Waals surface area contributed by atoms with Crippen molar-refractivity contribution in [2.24, 2.45) is 0 Å². The molecule has 4 N–H and O–H groups in total. The van der Waals surface area contributed by atoms with Gasteiger partial charge in [0, 0.05) is 36.2 Å². The Morgan fingerprint density at radius 3 is 2.82 bits per heavy atom. The molecular weight excluding hydrogens is 222 g/mol. The number of aliphatic hydroxyl groups excluding tert-OH is 1. The highest BCUT2D eigenvalue weighted by molar-refractivity contribution is 5.61. The van der Waals surface area contributed by atoms with Gasteiger partial charge in [0.05, 0.1) is 4.92 Å². The molecule has 1 rings (SSSR count). The Morgan fingerprint density at radius 1 is 1.53 bits per heavy atom. The summed E-state index contributed by atoms with van der Waals surface area (Å²) in [4.78, 5) is 10.2. The Balaban J connectivity index is 2.73. The van der Waals surface area contributed by atoms with Crippen LogP contribution in [-0.2, 0) is 0 Å². The number of hydrogen-bond donors (Lipinski definition) is 3. The second kappa shape index (κ2) is 6.05. The standard InChI is InChI=1S/C11H17N3O3/c1-8(3-2-4-15)13-10-5-9(12)6-11(7-10)14(16)17/h5-8,13,15H,2-4,12H2,1H3. The number of rotatable bonds is 6. The molecule has 0 bridgehead atoms. The topological polar surface area (TPSA) is 101 Å². The predicted molar refractivity (Wildman–Crippen MR) is 66.9 cm³/mol. The van der Waals surface area contributed by atoms with Gasteiger partial charge >= 0.3 is 0 Å².